The van der Waals surface area contributed by atoms with Crippen molar-refractivity contribution < 1.29 is 18.7 Å². The highest BCUT2D eigenvalue weighted by Crippen LogP contribution is 2.32. The zero-order chi connectivity index (χ0) is 24.9. The highest BCUT2D eigenvalue weighted by molar-refractivity contribution is 5.94. The summed E-state index contributed by atoms with van der Waals surface area (Å²) < 4.78 is 17.1. The van der Waals surface area contributed by atoms with Gasteiger partial charge < -0.3 is 19.2 Å². The molecule has 1 N–H and O–H groups in total. The number of aromatic nitrogens is 1. The van der Waals surface area contributed by atoms with Crippen molar-refractivity contribution in [1.29, 1.82) is 0 Å². The van der Waals surface area contributed by atoms with Crippen LogP contribution in [0.5, 0.6) is 11.5 Å². The minimum Gasteiger partial charge on any atom is -0.495 e. The van der Waals surface area contributed by atoms with E-state index < -0.39 is 0 Å². The Morgan fingerprint density at radius 2 is 1.74 bits per heavy atom. The van der Waals surface area contributed by atoms with Crippen LogP contribution in [-0.4, -0.2) is 24.6 Å². The number of ether oxygens (including phenoxy) is 2. The van der Waals surface area contributed by atoms with E-state index in [9.17, 15) is 4.79 Å². The summed E-state index contributed by atoms with van der Waals surface area (Å²) in [6.07, 6.45) is 1.08. The number of anilines is 1. The number of rotatable bonds is 9. The molecule has 0 aliphatic heterocycles. The van der Waals surface area contributed by atoms with E-state index in [1.54, 1.807) is 19.2 Å². The standard InChI is InChI=1S/C29H32N2O4/c1-6-19(4)20-7-11-23(12-8-20)34-17-28(32)30-24-16-22(10-13-26(24)33-5)29-31-25-15-21(18(2)3)9-14-27(25)35-29/h7-16,18-19H,6,17H2,1-5H3,(H,30,32)/t19-/m1/s1. The predicted octanol–water partition coefficient (Wildman–Crippen LogP) is 7.16. The van der Waals surface area contributed by atoms with Crippen molar-refractivity contribution in [1.82, 2.24) is 4.98 Å². The number of hydrogen-bond acceptors (Lipinski definition) is 5. The molecule has 6 heteroatoms. The molecular formula is C29H32N2O4. The van der Waals surface area contributed by atoms with Gasteiger partial charge in [0.1, 0.15) is 17.0 Å². The van der Waals surface area contributed by atoms with Crippen molar-refractivity contribution in [2.45, 2.75) is 46.0 Å². The average molecular weight is 473 g/mol. The van der Waals surface area contributed by atoms with Gasteiger partial charge in [-0.2, -0.15) is 0 Å². The smallest absolute Gasteiger partial charge is 0.262 e. The maximum Gasteiger partial charge on any atom is 0.262 e. The van der Waals surface area contributed by atoms with Gasteiger partial charge in [-0.1, -0.05) is 45.9 Å². The molecule has 0 saturated carbocycles. The first-order valence-corrected chi connectivity index (χ1v) is 12.0. The third-order valence-electron chi connectivity index (χ3n) is 6.23. The lowest BCUT2D eigenvalue weighted by Crippen LogP contribution is -2.20. The number of methoxy groups -OCH3 is 1. The molecule has 4 rings (SSSR count). The fourth-order valence-corrected chi connectivity index (χ4v) is 3.83. The molecule has 0 spiro atoms. The molecule has 1 amide bonds. The largest absolute Gasteiger partial charge is 0.495 e. The fourth-order valence-electron chi connectivity index (χ4n) is 3.83. The van der Waals surface area contributed by atoms with Crippen LogP contribution in [0.25, 0.3) is 22.6 Å². The molecule has 1 atom stereocenters. The molecule has 182 valence electrons. The van der Waals surface area contributed by atoms with Crippen LogP contribution in [0.4, 0.5) is 5.69 Å². The van der Waals surface area contributed by atoms with Crippen molar-refractivity contribution in [3.63, 3.8) is 0 Å². The van der Waals surface area contributed by atoms with Crippen LogP contribution in [0.1, 0.15) is 57.1 Å². The second-order valence-electron chi connectivity index (χ2n) is 9.03. The monoisotopic (exact) mass is 472 g/mol. The van der Waals surface area contributed by atoms with E-state index in [1.165, 1.54) is 11.1 Å². The molecule has 0 fully saturated rings. The van der Waals surface area contributed by atoms with Gasteiger partial charge >= 0.3 is 0 Å². The van der Waals surface area contributed by atoms with Crippen LogP contribution in [0.15, 0.2) is 65.1 Å². The van der Waals surface area contributed by atoms with Crippen molar-refractivity contribution in [3.8, 4) is 23.0 Å². The van der Waals surface area contributed by atoms with Gasteiger partial charge in [0.05, 0.1) is 12.8 Å². The quantitative estimate of drug-likeness (QED) is 0.280. The second-order valence-corrected chi connectivity index (χ2v) is 9.03. The number of benzene rings is 3. The minimum absolute atomic E-state index is 0.114. The van der Waals surface area contributed by atoms with E-state index in [-0.39, 0.29) is 12.5 Å². The number of amides is 1. The van der Waals surface area contributed by atoms with E-state index in [4.69, 9.17) is 13.9 Å². The summed E-state index contributed by atoms with van der Waals surface area (Å²) in [5.74, 6) is 2.29. The van der Waals surface area contributed by atoms with Crippen molar-refractivity contribution in [3.05, 3.63) is 71.8 Å². The third-order valence-corrected chi connectivity index (χ3v) is 6.23. The molecular weight excluding hydrogens is 440 g/mol. The van der Waals surface area contributed by atoms with Gasteiger partial charge in [0.25, 0.3) is 5.91 Å². The number of oxazole rings is 1. The zero-order valence-corrected chi connectivity index (χ0v) is 20.9. The Labute approximate surface area is 206 Å². The predicted molar refractivity (Wildman–Crippen MR) is 139 cm³/mol. The van der Waals surface area contributed by atoms with E-state index in [1.807, 2.05) is 42.5 Å². The molecule has 0 bridgehead atoms. The molecule has 0 saturated heterocycles. The van der Waals surface area contributed by atoms with Gasteiger partial charge in [0.15, 0.2) is 12.2 Å². The summed E-state index contributed by atoms with van der Waals surface area (Å²) in [6, 6.07) is 19.4. The number of carbonyl (C=O) groups is 1. The first-order chi connectivity index (χ1) is 16.9. The van der Waals surface area contributed by atoms with Crippen LogP contribution >= 0.6 is 0 Å². The molecule has 1 aromatic heterocycles. The van der Waals surface area contributed by atoms with E-state index in [0.29, 0.717) is 34.9 Å². The molecule has 1 heterocycles. The van der Waals surface area contributed by atoms with E-state index in [0.717, 1.165) is 23.1 Å². The number of hydrogen-bond donors (Lipinski definition) is 1. The normalized spacial score (nSPS) is 12.1. The van der Waals surface area contributed by atoms with Crippen molar-refractivity contribution in [2.75, 3.05) is 19.0 Å². The first-order valence-electron chi connectivity index (χ1n) is 12.0. The summed E-state index contributed by atoms with van der Waals surface area (Å²) in [5, 5.41) is 2.88. The Hall–Kier alpha value is -3.80. The number of nitrogens with one attached hydrogen (secondary N) is 1. The molecule has 0 aliphatic carbocycles. The van der Waals surface area contributed by atoms with Crippen LogP contribution in [0, 0.1) is 0 Å². The molecule has 6 nitrogen and oxygen atoms in total. The van der Waals surface area contributed by atoms with Gasteiger partial charge in [-0.05, 0) is 71.8 Å². The lowest BCUT2D eigenvalue weighted by molar-refractivity contribution is -0.118. The van der Waals surface area contributed by atoms with E-state index >= 15 is 0 Å². The van der Waals surface area contributed by atoms with Gasteiger partial charge in [-0.25, -0.2) is 4.98 Å². The molecule has 0 unspecified atom stereocenters. The van der Waals surface area contributed by atoms with Crippen molar-refractivity contribution >= 4 is 22.7 Å². The molecule has 0 aliphatic rings. The molecule has 0 radical (unpaired) electrons. The van der Waals surface area contributed by atoms with Crippen molar-refractivity contribution in [2.24, 2.45) is 0 Å². The summed E-state index contributed by atoms with van der Waals surface area (Å²) in [4.78, 5) is 17.3. The number of carbonyl (C=O) groups excluding carboxylic acids is 1. The highest BCUT2D eigenvalue weighted by atomic mass is 16.5. The van der Waals surface area contributed by atoms with Gasteiger partial charge in [-0.15, -0.1) is 0 Å². The summed E-state index contributed by atoms with van der Waals surface area (Å²) in [7, 11) is 1.56. The Balaban J connectivity index is 1.48. The van der Waals surface area contributed by atoms with Gasteiger partial charge in [-0.3, -0.25) is 4.79 Å². The number of fused-ring (bicyclic) bond motifs is 1. The highest BCUT2D eigenvalue weighted by Gasteiger charge is 2.15. The molecule has 4 aromatic rings. The lowest BCUT2D eigenvalue weighted by atomic mass is 9.99. The Morgan fingerprint density at radius 1 is 1.00 bits per heavy atom. The summed E-state index contributed by atoms with van der Waals surface area (Å²) in [5.41, 5.74) is 5.25. The summed E-state index contributed by atoms with van der Waals surface area (Å²) >= 11 is 0. The van der Waals surface area contributed by atoms with Crippen LogP contribution in [0.3, 0.4) is 0 Å². The summed E-state index contributed by atoms with van der Waals surface area (Å²) in [6.45, 7) is 8.53. The fraction of sp³-hybridized carbons (Fsp3) is 0.310. The van der Waals surface area contributed by atoms with Crippen LogP contribution in [0.2, 0.25) is 0 Å². The van der Waals surface area contributed by atoms with E-state index in [2.05, 4.69) is 44.1 Å². The minimum atomic E-state index is -0.286. The Kier molecular flexibility index (Phi) is 7.39. The Morgan fingerprint density at radius 3 is 2.43 bits per heavy atom. The SMILES string of the molecule is CC[C@@H](C)c1ccc(OCC(=O)Nc2cc(-c3nc4cc(C(C)C)ccc4o3)ccc2OC)cc1. The molecule has 3 aromatic carbocycles. The van der Waals surface area contributed by atoms with Gasteiger partial charge in [0, 0.05) is 5.56 Å². The first kappa shape index (κ1) is 24.3. The second kappa shape index (κ2) is 10.6. The molecule has 35 heavy (non-hydrogen) atoms. The maximum absolute atomic E-state index is 12.6. The van der Waals surface area contributed by atoms with Gasteiger partial charge in [0.2, 0.25) is 5.89 Å². The third kappa shape index (κ3) is 5.65. The average Bonchev–Trinajstić information content (AvgIpc) is 3.31. The maximum atomic E-state index is 12.6. The Bertz CT molecular complexity index is 1310. The topological polar surface area (TPSA) is 73.6 Å². The number of nitrogens with zero attached hydrogens (tertiary/aromatic N) is 1. The lowest BCUT2D eigenvalue weighted by Gasteiger charge is -2.13. The van der Waals surface area contributed by atoms with Crippen LogP contribution < -0.4 is 14.8 Å². The van der Waals surface area contributed by atoms with Crippen LogP contribution in [-0.2, 0) is 4.79 Å². The zero-order valence-electron chi connectivity index (χ0n) is 20.9.